The van der Waals surface area contributed by atoms with Crippen molar-refractivity contribution in [3.63, 3.8) is 0 Å². The molecule has 1 atom stereocenters. The van der Waals surface area contributed by atoms with Gasteiger partial charge in [-0.25, -0.2) is 0 Å². The molecule has 0 saturated carbocycles. The van der Waals surface area contributed by atoms with Crippen molar-refractivity contribution in [2.75, 3.05) is 19.1 Å². The molecular weight excluding hydrogens is 112 g/mol. The molecule has 1 saturated heterocycles. The average Bonchev–Trinajstić information content (AvgIpc) is 2.14. The van der Waals surface area contributed by atoms with E-state index in [0.29, 0.717) is 5.92 Å². The van der Waals surface area contributed by atoms with Gasteiger partial charge in [0.1, 0.15) is 0 Å². The van der Waals surface area contributed by atoms with Gasteiger partial charge in [0.2, 0.25) is 0 Å². The second kappa shape index (κ2) is 2.53. The van der Waals surface area contributed by atoms with Crippen molar-refractivity contribution in [1.82, 2.24) is 0 Å². The van der Waals surface area contributed by atoms with Crippen LogP contribution in [0, 0.1) is 5.92 Å². The maximum Gasteiger partial charge on any atom is 0.0506 e. The van der Waals surface area contributed by atoms with E-state index in [1.807, 2.05) is 0 Å². The van der Waals surface area contributed by atoms with Gasteiger partial charge in [-0.1, -0.05) is 0 Å². The summed E-state index contributed by atoms with van der Waals surface area (Å²) in [7, 11) is 0. The van der Waals surface area contributed by atoms with E-state index in [2.05, 4.69) is 0 Å². The molecule has 1 fully saturated rings. The second-order valence-corrected chi connectivity index (χ2v) is 2.19. The number of alkyl halides is 1. The molecule has 2 heteroatoms. The monoisotopic (exact) mass is 120 g/mol. The quantitative estimate of drug-likeness (QED) is 0.474. The molecule has 0 N–H and O–H groups in total. The summed E-state index contributed by atoms with van der Waals surface area (Å²) in [6.07, 6.45) is 1.16. The van der Waals surface area contributed by atoms with Crippen LogP contribution >= 0.6 is 11.6 Å². The van der Waals surface area contributed by atoms with Crippen molar-refractivity contribution in [2.24, 2.45) is 5.92 Å². The zero-order valence-electron chi connectivity index (χ0n) is 4.19. The van der Waals surface area contributed by atoms with Crippen molar-refractivity contribution in [3.8, 4) is 0 Å². The summed E-state index contributed by atoms with van der Waals surface area (Å²) >= 11 is 5.53. The molecule has 0 radical (unpaired) electrons. The fourth-order valence-corrected chi connectivity index (χ4v) is 0.948. The molecule has 0 aromatic rings. The summed E-state index contributed by atoms with van der Waals surface area (Å²) in [5, 5.41) is 0. The first-order chi connectivity index (χ1) is 3.43. The molecule has 1 aliphatic rings. The van der Waals surface area contributed by atoms with Crippen LogP contribution in [0.25, 0.3) is 0 Å². The lowest BCUT2D eigenvalue weighted by Crippen LogP contribution is -1.98. The normalized spacial score (nSPS) is 31.3. The smallest absolute Gasteiger partial charge is 0.0506 e. The van der Waals surface area contributed by atoms with Gasteiger partial charge in [-0.3, -0.25) is 0 Å². The Morgan fingerprint density at radius 1 is 1.71 bits per heavy atom. The van der Waals surface area contributed by atoms with E-state index in [0.717, 1.165) is 25.5 Å². The van der Waals surface area contributed by atoms with Crippen molar-refractivity contribution in [2.45, 2.75) is 6.42 Å². The van der Waals surface area contributed by atoms with Crippen LogP contribution in [0.5, 0.6) is 0 Å². The number of halogens is 1. The van der Waals surface area contributed by atoms with Crippen LogP contribution < -0.4 is 0 Å². The highest BCUT2D eigenvalue weighted by Crippen LogP contribution is 2.12. The van der Waals surface area contributed by atoms with Gasteiger partial charge < -0.3 is 4.74 Å². The number of ether oxygens (including phenoxy) is 1. The number of hydrogen-bond donors (Lipinski definition) is 0. The summed E-state index contributed by atoms with van der Waals surface area (Å²) in [6, 6.07) is 0. The van der Waals surface area contributed by atoms with Crippen LogP contribution in [0.4, 0.5) is 0 Å². The Morgan fingerprint density at radius 3 is 2.86 bits per heavy atom. The van der Waals surface area contributed by atoms with Crippen LogP contribution in [-0.2, 0) is 4.74 Å². The van der Waals surface area contributed by atoms with Crippen LogP contribution in [0.1, 0.15) is 6.42 Å². The Kier molecular flexibility index (Phi) is 1.95. The highest BCUT2D eigenvalue weighted by atomic mass is 35.5. The fourth-order valence-electron chi connectivity index (χ4n) is 0.705. The summed E-state index contributed by atoms with van der Waals surface area (Å²) in [5.41, 5.74) is 0. The first kappa shape index (κ1) is 5.39. The van der Waals surface area contributed by atoms with Crippen LogP contribution in [0.2, 0.25) is 0 Å². The summed E-state index contributed by atoms with van der Waals surface area (Å²) < 4.78 is 5.06. The third-order valence-corrected chi connectivity index (χ3v) is 1.68. The molecule has 0 bridgehead atoms. The lowest BCUT2D eigenvalue weighted by Gasteiger charge is -1.95. The molecule has 0 aromatic heterocycles. The van der Waals surface area contributed by atoms with Gasteiger partial charge in [-0.05, 0) is 12.3 Å². The molecule has 1 rings (SSSR count). The van der Waals surface area contributed by atoms with Gasteiger partial charge in [0, 0.05) is 12.5 Å². The predicted octanol–water partition coefficient (Wildman–Crippen LogP) is 1.26. The van der Waals surface area contributed by atoms with E-state index in [1.54, 1.807) is 0 Å². The van der Waals surface area contributed by atoms with Crippen molar-refractivity contribution in [1.29, 1.82) is 0 Å². The van der Waals surface area contributed by atoms with Crippen LogP contribution in [-0.4, -0.2) is 19.1 Å². The fraction of sp³-hybridized carbons (Fsp3) is 1.00. The lowest BCUT2D eigenvalue weighted by atomic mass is 10.2. The van der Waals surface area contributed by atoms with E-state index in [4.69, 9.17) is 16.3 Å². The van der Waals surface area contributed by atoms with Crippen LogP contribution in [0.15, 0.2) is 0 Å². The number of hydrogen-bond acceptors (Lipinski definition) is 1. The maximum atomic E-state index is 5.53. The first-order valence-corrected chi connectivity index (χ1v) is 3.10. The Bertz CT molecular complexity index is 50.0. The van der Waals surface area contributed by atoms with E-state index >= 15 is 0 Å². The van der Waals surface area contributed by atoms with Gasteiger partial charge in [0.05, 0.1) is 6.61 Å². The van der Waals surface area contributed by atoms with E-state index in [-0.39, 0.29) is 0 Å². The minimum Gasteiger partial charge on any atom is -0.381 e. The molecule has 0 aromatic carbocycles. The minimum atomic E-state index is 0.640. The van der Waals surface area contributed by atoms with Gasteiger partial charge in [-0.2, -0.15) is 0 Å². The third kappa shape index (κ3) is 1.32. The van der Waals surface area contributed by atoms with Crippen molar-refractivity contribution < 1.29 is 4.74 Å². The molecule has 0 spiro atoms. The minimum absolute atomic E-state index is 0.640. The molecule has 1 nitrogen and oxygen atoms in total. The van der Waals surface area contributed by atoms with E-state index in [9.17, 15) is 0 Å². The largest absolute Gasteiger partial charge is 0.381 e. The van der Waals surface area contributed by atoms with Gasteiger partial charge in [-0.15, -0.1) is 11.6 Å². The zero-order valence-corrected chi connectivity index (χ0v) is 4.95. The molecule has 1 aliphatic heterocycles. The Labute approximate surface area is 48.6 Å². The standard InChI is InChI=1S/C5H9ClO/c6-3-5-1-2-7-4-5/h5H,1-4H2. The topological polar surface area (TPSA) is 9.23 Å². The third-order valence-electron chi connectivity index (χ3n) is 1.24. The van der Waals surface area contributed by atoms with Crippen molar-refractivity contribution in [3.05, 3.63) is 0 Å². The van der Waals surface area contributed by atoms with Gasteiger partial charge in [0.25, 0.3) is 0 Å². The predicted molar refractivity (Wildman–Crippen MR) is 29.6 cm³/mol. The molecule has 1 heterocycles. The average molecular weight is 121 g/mol. The molecule has 0 amide bonds. The lowest BCUT2D eigenvalue weighted by molar-refractivity contribution is 0.189. The second-order valence-electron chi connectivity index (χ2n) is 1.88. The van der Waals surface area contributed by atoms with Crippen molar-refractivity contribution >= 4 is 11.6 Å². The molecule has 42 valence electrons. The van der Waals surface area contributed by atoms with Gasteiger partial charge in [0.15, 0.2) is 0 Å². The van der Waals surface area contributed by atoms with E-state index in [1.165, 1.54) is 0 Å². The number of rotatable bonds is 1. The Morgan fingerprint density at radius 2 is 2.57 bits per heavy atom. The summed E-state index contributed by atoms with van der Waals surface area (Å²) in [4.78, 5) is 0. The van der Waals surface area contributed by atoms with Gasteiger partial charge >= 0.3 is 0 Å². The molecule has 0 aliphatic carbocycles. The highest BCUT2D eigenvalue weighted by molar-refractivity contribution is 6.18. The zero-order chi connectivity index (χ0) is 5.11. The van der Waals surface area contributed by atoms with Crippen LogP contribution in [0.3, 0.4) is 0 Å². The molecule has 7 heavy (non-hydrogen) atoms. The SMILES string of the molecule is ClCC1CCOC1. The molecule has 1 unspecified atom stereocenters. The Balaban J connectivity index is 2.14. The summed E-state index contributed by atoms with van der Waals surface area (Å²) in [5.74, 6) is 1.40. The first-order valence-electron chi connectivity index (χ1n) is 2.57. The highest BCUT2D eigenvalue weighted by Gasteiger charge is 2.12. The maximum absolute atomic E-state index is 5.53. The van der Waals surface area contributed by atoms with E-state index < -0.39 is 0 Å². The molecular formula is C5H9ClO. The Hall–Kier alpha value is 0.250. The summed E-state index contributed by atoms with van der Waals surface area (Å²) in [6.45, 7) is 1.79.